The van der Waals surface area contributed by atoms with Gasteiger partial charge in [-0.25, -0.2) is 0 Å². The largest absolute Gasteiger partial charge is 0.335 e. The number of rotatable bonds is 5. The van der Waals surface area contributed by atoms with Crippen LogP contribution in [0.25, 0.3) is 5.69 Å². The fraction of sp³-hybridized carbons (Fsp3) is 0.280. The molecule has 3 aromatic rings. The number of hydrogen-bond acceptors (Lipinski definition) is 4. The van der Waals surface area contributed by atoms with E-state index in [0.717, 1.165) is 27.5 Å². The molecular formula is C25H25ClN2O2S2. The standard InChI is InChI=1S/C25H25ClN2O2S2/c1-5-27(14-15(2)3)25(30)24-19-13-23(21-7-6-10-31-21)32-22-12-17(26)8-9-18(22)28(19)16(4)11-20(24)29/h6-12,23H,2,5,13-14H2,1,3-4H3. The molecule has 1 aliphatic rings. The average molecular weight is 485 g/mol. The van der Waals surface area contributed by atoms with Crippen LogP contribution in [0.5, 0.6) is 0 Å². The number of benzene rings is 1. The maximum absolute atomic E-state index is 13.6. The Morgan fingerprint density at radius 3 is 2.75 bits per heavy atom. The van der Waals surface area contributed by atoms with Crippen molar-refractivity contribution in [3.8, 4) is 5.69 Å². The Labute approximate surface area is 201 Å². The Bertz CT molecular complexity index is 1250. The minimum Gasteiger partial charge on any atom is -0.335 e. The fourth-order valence-electron chi connectivity index (χ4n) is 4.13. The van der Waals surface area contributed by atoms with E-state index in [1.807, 2.05) is 45.0 Å². The number of likely N-dealkylation sites (N-methyl/N-ethyl adjacent to an activating group) is 1. The highest BCUT2D eigenvalue weighted by Gasteiger charge is 2.31. The summed E-state index contributed by atoms with van der Waals surface area (Å²) in [4.78, 5) is 30.8. The summed E-state index contributed by atoms with van der Waals surface area (Å²) >= 11 is 9.76. The molecule has 0 radical (unpaired) electrons. The first-order valence-electron chi connectivity index (χ1n) is 10.5. The zero-order valence-corrected chi connectivity index (χ0v) is 20.7. The number of aromatic nitrogens is 1. The Balaban J connectivity index is 1.98. The summed E-state index contributed by atoms with van der Waals surface area (Å²) in [6.07, 6.45) is 0.570. The van der Waals surface area contributed by atoms with Crippen molar-refractivity contribution in [1.29, 1.82) is 0 Å². The number of carbonyl (C=O) groups excluding carboxylic acids is 1. The Hall–Kier alpha value is -2.28. The molecule has 4 nitrogen and oxygen atoms in total. The number of amides is 1. The normalized spacial score (nSPS) is 14.9. The predicted octanol–water partition coefficient (Wildman–Crippen LogP) is 6.29. The van der Waals surface area contributed by atoms with Crippen molar-refractivity contribution < 1.29 is 4.79 Å². The van der Waals surface area contributed by atoms with Gasteiger partial charge in [0.1, 0.15) is 5.56 Å². The van der Waals surface area contributed by atoms with E-state index in [2.05, 4.69) is 22.6 Å². The molecule has 4 rings (SSSR count). The number of halogens is 1. The second kappa shape index (κ2) is 9.30. The van der Waals surface area contributed by atoms with E-state index in [9.17, 15) is 9.59 Å². The van der Waals surface area contributed by atoms with E-state index in [0.29, 0.717) is 24.5 Å². The van der Waals surface area contributed by atoms with Gasteiger partial charge in [0.25, 0.3) is 5.91 Å². The molecule has 1 atom stereocenters. The Morgan fingerprint density at radius 1 is 1.31 bits per heavy atom. The average Bonchev–Trinajstić information content (AvgIpc) is 3.21. The van der Waals surface area contributed by atoms with Gasteiger partial charge in [0, 0.05) is 57.0 Å². The highest BCUT2D eigenvalue weighted by atomic mass is 35.5. The van der Waals surface area contributed by atoms with Crippen molar-refractivity contribution >= 4 is 40.6 Å². The van der Waals surface area contributed by atoms with Crippen molar-refractivity contribution in [2.75, 3.05) is 13.1 Å². The lowest BCUT2D eigenvalue weighted by molar-refractivity contribution is 0.0775. The molecule has 166 valence electrons. The SMILES string of the molecule is C=C(C)CN(CC)C(=O)c1c2n(c(C)cc1=O)-c1ccc(Cl)cc1SC(c1cccs1)C2. The third-order valence-corrected chi connectivity index (χ3v) is 8.17. The minimum atomic E-state index is -0.239. The Kier molecular flexibility index (Phi) is 6.65. The molecule has 1 amide bonds. The van der Waals surface area contributed by atoms with E-state index in [-0.39, 0.29) is 22.1 Å². The summed E-state index contributed by atoms with van der Waals surface area (Å²) < 4.78 is 2.06. The first-order valence-corrected chi connectivity index (χ1v) is 12.6. The van der Waals surface area contributed by atoms with Gasteiger partial charge in [-0.05, 0) is 50.4 Å². The van der Waals surface area contributed by atoms with Crippen LogP contribution >= 0.6 is 34.7 Å². The van der Waals surface area contributed by atoms with E-state index in [4.69, 9.17) is 11.6 Å². The summed E-state index contributed by atoms with van der Waals surface area (Å²) in [5.74, 6) is -0.239. The highest BCUT2D eigenvalue weighted by Crippen LogP contribution is 2.46. The zero-order chi connectivity index (χ0) is 23.0. The molecule has 0 saturated heterocycles. The lowest BCUT2D eigenvalue weighted by Crippen LogP contribution is -2.37. The van der Waals surface area contributed by atoms with Gasteiger partial charge in [0.05, 0.1) is 5.69 Å². The van der Waals surface area contributed by atoms with E-state index in [1.54, 1.807) is 34.1 Å². The van der Waals surface area contributed by atoms with Crippen LogP contribution in [0.2, 0.25) is 5.02 Å². The van der Waals surface area contributed by atoms with Crippen molar-refractivity contribution in [3.05, 3.63) is 91.0 Å². The third kappa shape index (κ3) is 4.32. The molecule has 1 unspecified atom stereocenters. The molecule has 2 aromatic heterocycles. The second-order valence-corrected chi connectivity index (χ2v) is 10.7. The molecular weight excluding hydrogens is 460 g/mol. The van der Waals surface area contributed by atoms with Crippen LogP contribution in [0.3, 0.4) is 0 Å². The first-order chi connectivity index (χ1) is 15.3. The molecule has 32 heavy (non-hydrogen) atoms. The van der Waals surface area contributed by atoms with E-state index < -0.39 is 0 Å². The molecule has 3 heterocycles. The number of thiophene rings is 1. The van der Waals surface area contributed by atoms with Crippen LogP contribution in [0.4, 0.5) is 0 Å². The van der Waals surface area contributed by atoms with Crippen molar-refractivity contribution in [1.82, 2.24) is 9.47 Å². The molecule has 7 heteroatoms. The number of nitrogens with zero attached hydrogens (tertiary/aromatic N) is 2. The van der Waals surface area contributed by atoms with Gasteiger partial charge >= 0.3 is 0 Å². The number of fused-ring (bicyclic) bond motifs is 3. The molecule has 0 fully saturated rings. The smallest absolute Gasteiger partial charge is 0.259 e. The van der Waals surface area contributed by atoms with Gasteiger partial charge in [-0.2, -0.15) is 0 Å². The van der Waals surface area contributed by atoms with Crippen molar-refractivity contribution in [2.45, 2.75) is 37.3 Å². The van der Waals surface area contributed by atoms with Crippen LogP contribution < -0.4 is 5.43 Å². The summed E-state index contributed by atoms with van der Waals surface area (Å²) in [6, 6.07) is 11.5. The quantitative estimate of drug-likeness (QED) is 0.400. The highest BCUT2D eigenvalue weighted by molar-refractivity contribution is 7.99. The van der Waals surface area contributed by atoms with E-state index in [1.165, 1.54) is 4.88 Å². The van der Waals surface area contributed by atoms with Crippen molar-refractivity contribution in [2.24, 2.45) is 0 Å². The lowest BCUT2D eigenvalue weighted by Gasteiger charge is -2.25. The van der Waals surface area contributed by atoms with Crippen LogP contribution in [-0.4, -0.2) is 28.5 Å². The molecule has 1 aliphatic heterocycles. The second-order valence-electron chi connectivity index (χ2n) is 8.02. The number of thioether (sulfide) groups is 1. The van der Waals surface area contributed by atoms with Gasteiger partial charge in [0.2, 0.25) is 0 Å². The van der Waals surface area contributed by atoms with Gasteiger partial charge < -0.3 is 9.47 Å². The monoisotopic (exact) mass is 484 g/mol. The van der Waals surface area contributed by atoms with Gasteiger partial charge in [-0.15, -0.1) is 23.1 Å². The summed E-state index contributed by atoms with van der Waals surface area (Å²) in [5, 5.41) is 2.80. The van der Waals surface area contributed by atoms with E-state index >= 15 is 0 Å². The van der Waals surface area contributed by atoms with Gasteiger partial charge in [-0.3, -0.25) is 9.59 Å². The van der Waals surface area contributed by atoms with Crippen LogP contribution in [-0.2, 0) is 6.42 Å². The molecule has 1 aromatic carbocycles. The molecule has 0 spiro atoms. The predicted molar refractivity (Wildman–Crippen MR) is 135 cm³/mol. The number of carbonyl (C=O) groups is 1. The van der Waals surface area contributed by atoms with Gasteiger partial charge in [-0.1, -0.05) is 29.8 Å². The lowest BCUT2D eigenvalue weighted by atomic mass is 10.0. The van der Waals surface area contributed by atoms with Crippen molar-refractivity contribution in [3.63, 3.8) is 0 Å². The topological polar surface area (TPSA) is 42.3 Å². The van der Waals surface area contributed by atoms with Gasteiger partial charge in [0.15, 0.2) is 5.43 Å². The molecule has 0 N–H and O–H groups in total. The number of hydrogen-bond donors (Lipinski definition) is 0. The summed E-state index contributed by atoms with van der Waals surface area (Å²) in [6.45, 7) is 10.6. The van der Waals surface area contributed by atoms with Crippen LogP contribution in [0.1, 0.15) is 45.7 Å². The third-order valence-electron chi connectivity index (χ3n) is 5.51. The molecule has 0 saturated carbocycles. The minimum absolute atomic E-state index is 0.0740. The summed E-state index contributed by atoms with van der Waals surface area (Å²) in [5.41, 5.74) is 3.41. The van der Waals surface area contributed by atoms with Crippen LogP contribution in [0.15, 0.2) is 63.6 Å². The molecule has 0 aliphatic carbocycles. The first kappa shape index (κ1) is 22.9. The molecule has 0 bridgehead atoms. The summed E-state index contributed by atoms with van der Waals surface area (Å²) in [7, 11) is 0. The van der Waals surface area contributed by atoms with Crippen LogP contribution in [0, 0.1) is 6.92 Å². The number of aryl methyl sites for hydroxylation is 1. The maximum Gasteiger partial charge on any atom is 0.259 e. The fourth-order valence-corrected chi connectivity index (χ4v) is 6.60. The Morgan fingerprint density at radius 2 is 2.09 bits per heavy atom. The number of pyridine rings is 1. The maximum atomic E-state index is 13.6. The zero-order valence-electron chi connectivity index (χ0n) is 18.4.